The van der Waals surface area contributed by atoms with Crippen molar-refractivity contribution >= 4 is 5.95 Å². The lowest BCUT2D eigenvalue weighted by atomic mass is 10.1. The van der Waals surface area contributed by atoms with Crippen LogP contribution >= 0.6 is 0 Å². The fourth-order valence-corrected chi connectivity index (χ4v) is 3.64. The molecule has 0 bridgehead atoms. The second kappa shape index (κ2) is 7.52. The first-order valence-corrected chi connectivity index (χ1v) is 9.49. The van der Waals surface area contributed by atoms with Gasteiger partial charge in [0.15, 0.2) is 11.5 Å². The number of furan rings is 1. The van der Waals surface area contributed by atoms with Gasteiger partial charge in [0.25, 0.3) is 0 Å². The van der Waals surface area contributed by atoms with E-state index in [9.17, 15) is 0 Å². The van der Waals surface area contributed by atoms with E-state index >= 15 is 0 Å². The minimum Gasteiger partial charge on any atom is -0.460 e. The average Bonchev–Trinajstić information content (AvgIpc) is 3.40. The summed E-state index contributed by atoms with van der Waals surface area (Å²) in [6.07, 6.45) is 4.23. The highest BCUT2D eigenvalue weighted by atomic mass is 16.5. The highest BCUT2D eigenvalue weighted by molar-refractivity contribution is 5.75. The maximum Gasteiger partial charge on any atom is 0.223 e. The third-order valence-electron chi connectivity index (χ3n) is 5.06. The van der Waals surface area contributed by atoms with Crippen LogP contribution in [-0.2, 0) is 0 Å². The standard InChI is InChI=1S/C20H25N5O2/c1-4-25-9-5-6-15(25)11-21-20-22-12-16(18-10-13(2)24-27-18)19(23-20)17-8-7-14(3)26-17/h7-8,10,12,15H,4-6,9,11H2,1-3H3,(H,21,22,23)/t15-/m1/s1. The second-order valence-corrected chi connectivity index (χ2v) is 7.00. The molecule has 7 heteroatoms. The zero-order chi connectivity index (χ0) is 18.8. The van der Waals surface area contributed by atoms with E-state index in [0.29, 0.717) is 29.2 Å². The second-order valence-electron chi connectivity index (χ2n) is 7.00. The van der Waals surface area contributed by atoms with E-state index in [1.54, 1.807) is 6.20 Å². The van der Waals surface area contributed by atoms with Crippen molar-refractivity contribution in [1.29, 1.82) is 0 Å². The molecule has 4 rings (SSSR count). The number of hydrogen-bond acceptors (Lipinski definition) is 7. The normalized spacial score (nSPS) is 17.5. The monoisotopic (exact) mass is 367 g/mol. The molecule has 0 saturated carbocycles. The van der Waals surface area contributed by atoms with Gasteiger partial charge in [-0.25, -0.2) is 9.97 Å². The maximum absolute atomic E-state index is 5.82. The van der Waals surface area contributed by atoms with Crippen LogP contribution in [0.2, 0.25) is 0 Å². The van der Waals surface area contributed by atoms with E-state index in [1.165, 1.54) is 19.4 Å². The van der Waals surface area contributed by atoms with Crippen molar-refractivity contribution in [3.05, 3.63) is 35.9 Å². The van der Waals surface area contributed by atoms with Crippen LogP contribution in [0.3, 0.4) is 0 Å². The molecular weight excluding hydrogens is 342 g/mol. The smallest absolute Gasteiger partial charge is 0.223 e. The number of anilines is 1. The molecule has 7 nitrogen and oxygen atoms in total. The van der Waals surface area contributed by atoms with Crippen LogP contribution in [0.4, 0.5) is 5.95 Å². The van der Waals surface area contributed by atoms with Crippen LogP contribution in [0.15, 0.2) is 33.3 Å². The Morgan fingerprint density at radius 3 is 2.85 bits per heavy atom. The number of aryl methyl sites for hydroxylation is 2. The molecule has 1 atom stereocenters. The summed E-state index contributed by atoms with van der Waals surface area (Å²) in [6, 6.07) is 6.26. The average molecular weight is 367 g/mol. The fraction of sp³-hybridized carbons (Fsp3) is 0.450. The number of rotatable bonds is 6. The van der Waals surface area contributed by atoms with Gasteiger partial charge >= 0.3 is 0 Å². The number of hydrogen-bond donors (Lipinski definition) is 1. The van der Waals surface area contributed by atoms with Gasteiger partial charge in [0.05, 0.1) is 11.3 Å². The van der Waals surface area contributed by atoms with Crippen molar-refractivity contribution < 1.29 is 8.94 Å². The SMILES string of the molecule is CCN1CCC[C@@H]1CNc1ncc(-c2cc(C)no2)c(-c2ccc(C)o2)n1. The molecule has 3 aromatic rings. The fourth-order valence-electron chi connectivity index (χ4n) is 3.64. The van der Waals surface area contributed by atoms with Gasteiger partial charge in [-0.1, -0.05) is 12.1 Å². The third-order valence-corrected chi connectivity index (χ3v) is 5.06. The molecule has 0 unspecified atom stereocenters. The lowest BCUT2D eigenvalue weighted by Crippen LogP contribution is -2.34. The van der Waals surface area contributed by atoms with E-state index in [2.05, 4.69) is 27.3 Å². The zero-order valence-corrected chi connectivity index (χ0v) is 16.0. The van der Waals surface area contributed by atoms with Gasteiger partial charge in [0.2, 0.25) is 5.95 Å². The number of likely N-dealkylation sites (N-methyl/N-ethyl adjacent to an activating group) is 1. The van der Waals surface area contributed by atoms with Crippen LogP contribution in [0.1, 0.15) is 31.2 Å². The summed E-state index contributed by atoms with van der Waals surface area (Å²) in [7, 11) is 0. The summed E-state index contributed by atoms with van der Waals surface area (Å²) in [4.78, 5) is 11.7. The summed E-state index contributed by atoms with van der Waals surface area (Å²) >= 11 is 0. The predicted octanol–water partition coefficient (Wildman–Crippen LogP) is 3.90. The Morgan fingerprint density at radius 1 is 1.26 bits per heavy atom. The summed E-state index contributed by atoms with van der Waals surface area (Å²) in [6.45, 7) is 9.10. The van der Waals surface area contributed by atoms with Crippen LogP contribution in [-0.4, -0.2) is 45.7 Å². The highest BCUT2D eigenvalue weighted by Gasteiger charge is 2.23. The van der Waals surface area contributed by atoms with Crippen molar-refractivity contribution in [1.82, 2.24) is 20.0 Å². The van der Waals surface area contributed by atoms with Crippen LogP contribution < -0.4 is 5.32 Å². The number of nitrogens with zero attached hydrogens (tertiary/aromatic N) is 4. The molecule has 1 aliphatic rings. The summed E-state index contributed by atoms with van der Waals surface area (Å²) in [5.74, 6) is 2.76. The molecule has 27 heavy (non-hydrogen) atoms. The Morgan fingerprint density at radius 2 is 2.15 bits per heavy atom. The Hall–Kier alpha value is -2.67. The molecule has 4 heterocycles. The lowest BCUT2D eigenvalue weighted by molar-refractivity contribution is 0.277. The molecule has 0 aliphatic carbocycles. The molecule has 1 N–H and O–H groups in total. The summed E-state index contributed by atoms with van der Waals surface area (Å²) < 4.78 is 11.2. The number of nitrogens with one attached hydrogen (secondary N) is 1. The first-order chi connectivity index (χ1) is 13.1. The van der Waals surface area contributed by atoms with Crippen molar-refractivity contribution in [2.24, 2.45) is 0 Å². The molecule has 0 spiro atoms. The molecule has 1 aliphatic heterocycles. The minimum absolute atomic E-state index is 0.532. The Labute approximate surface area is 158 Å². The van der Waals surface area contributed by atoms with Crippen molar-refractivity contribution in [2.75, 3.05) is 25.0 Å². The van der Waals surface area contributed by atoms with Gasteiger partial charge in [0, 0.05) is 24.8 Å². The molecule has 142 valence electrons. The minimum atomic E-state index is 0.532. The molecular formula is C20H25N5O2. The maximum atomic E-state index is 5.82. The van der Waals surface area contributed by atoms with Gasteiger partial charge in [-0.3, -0.25) is 4.90 Å². The summed E-state index contributed by atoms with van der Waals surface area (Å²) in [5, 5.41) is 7.38. The van der Waals surface area contributed by atoms with E-state index in [-0.39, 0.29) is 0 Å². The van der Waals surface area contributed by atoms with Gasteiger partial charge in [0.1, 0.15) is 11.5 Å². The number of likely N-dealkylation sites (tertiary alicyclic amines) is 1. The van der Waals surface area contributed by atoms with Crippen LogP contribution in [0, 0.1) is 13.8 Å². The van der Waals surface area contributed by atoms with Gasteiger partial charge in [-0.05, 0) is 51.9 Å². The lowest BCUT2D eigenvalue weighted by Gasteiger charge is -2.22. The van der Waals surface area contributed by atoms with Gasteiger partial charge in [-0.2, -0.15) is 0 Å². The Bertz CT molecular complexity index is 917. The van der Waals surface area contributed by atoms with Crippen molar-refractivity contribution in [3.8, 4) is 22.8 Å². The molecule has 3 aromatic heterocycles. The first kappa shape index (κ1) is 17.7. The van der Waals surface area contributed by atoms with Crippen molar-refractivity contribution in [2.45, 2.75) is 39.7 Å². The van der Waals surface area contributed by atoms with Gasteiger partial charge in [-0.15, -0.1) is 0 Å². The quantitative estimate of drug-likeness (QED) is 0.707. The topological polar surface area (TPSA) is 80.2 Å². The van der Waals surface area contributed by atoms with E-state index < -0.39 is 0 Å². The van der Waals surface area contributed by atoms with Crippen molar-refractivity contribution in [3.63, 3.8) is 0 Å². The Kier molecular flexibility index (Phi) is 4.94. The molecule has 0 aromatic carbocycles. The molecule has 1 saturated heterocycles. The summed E-state index contributed by atoms with van der Waals surface area (Å²) in [5.41, 5.74) is 2.29. The molecule has 1 fully saturated rings. The highest BCUT2D eigenvalue weighted by Crippen LogP contribution is 2.32. The van der Waals surface area contributed by atoms with Gasteiger partial charge < -0.3 is 14.3 Å². The van der Waals surface area contributed by atoms with E-state index in [4.69, 9.17) is 13.9 Å². The van der Waals surface area contributed by atoms with Crippen LogP contribution in [0.5, 0.6) is 0 Å². The zero-order valence-electron chi connectivity index (χ0n) is 16.0. The van der Waals surface area contributed by atoms with E-state index in [0.717, 1.165) is 30.1 Å². The number of aromatic nitrogens is 3. The predicted molar refractivity (Wildman–Crippen MR) is 103 cm³/mol. The largest absolute Gasteiger partial charge is 0.460 e. The first-order valence-electron chi connectivity index (χ1n) is 9.49. The molecule has 0 radical (unpaired) electrons. The Balaban J connectivity index is 1.62. The molecule has 0 amide bonds. The van der Waals surface area contributed by atoms with Crippen LogP contribution in [0.25, 0.3) is 22.8 Å². The third kappa shape index (κ3) is 3.73. The van der Waals surface area contributed by atoms with E-state index in [1.807, 2.05) is 32.0 Å².